The Balaban J connectivity index is 1.48. The van der Waals surface area contributed by atoms with Gasteiger partial charge in [-0.25, -0.2) is 4.98 Å². The predicted molar refractivity (Wildman–Crippen MR) is 110 cm³/mol. The van der Waals surface area contributed by atoms with Crippen LogP contribution in [0.1, 0.15) is 19.7 Å². The Kier molecular flexibility index (Phi) is 5.07. The van der Waals surface area contributed by atoms with E-state index in [2.05, 4.69) is 38.9 Å². The Morgan fingerprint density at radius 1 is 1.07 bits per heavy atom. The number of rotatable bonds is 7. The zero-order valence-electron chi connectivity index (χ0n) is 16.8. The van der Waals surface area contributed by atoms with E-state index in [-0.39, 0.29) is 6.61 Å². The highest BCUT2D eigenvalue weighted by Crippen LogP contribution is 2.24. The smallest absolute Gasteiger partial charge is 0.264 e. The average molecular weight is 393 g/mol. The molecule has 0 saturated carbocycles. The monoisotopic (exact) mass is 393 g/mol. The van der Waals surface area contributed by atoms with Crippen LogP contribution in [-0.2, 0) is 6.61 Å². The number of nitrogens with zero attached hydrogens (tertiary/aromatic N) is 4. The molecule has 8 heteroatoms. The van der Waals surface area contributed by atoms with Crippen LogP contribution in [0.4, 0.5) is 5.95 Å². The van der Waals surface area contributed by atoms with Gasteiger partial charge in [0.25, 0.3) is 5.89 Å². The number of benzene rings is 2. The maximum atomic E-state index is 5.69. The Morgan fingerprint density at radius 3 is 2.55 bits per heavy atom. The summed E-state index contributed by atoms with van der Waals surface area (Å²) in [6, 6.07) is 13.5. The van der Waals surface area contributed by atoms with Crippen LogP contribution >= 0.6 is 0 Å². The molecular formula is C21H23N5O3. The second kappa shape index (κ2) is 7.83. The number of aromatic amines is 1. The van der Waals surface area contributed by atoms with Crippen molar-refractivity contribution in [1.29, 1.82) is 0 Å². The molecule has 0 spiro atoms. The van der Waals surface area contributed by atoms with Gasteiger partial charge in [-0.15, -0.1) is 0 Å². The molecule has 1 N–H and O–H groups in total. The first-order valence-corrected chi connectivity index (χ1v) is 9.36. The van der Waals surface area contributed by atoms with Crippen molar-refractivity contribution in [2.24, 2.45) is 0 Å². The maximum Gasteiger partial charge on any atom is 0.264 e. The second-order valence-electron chi connectivity index (χ2n) is 6.97. The molecule has 0 aliphatic heterocycles. The molecular weight excluding hydrogens is 370 g/mol. The number of aromatic nitrogens is 4. The highest BCUT2D eigenvalue weighted by atomic mass is 16.5. The molecule has 0 saturated heterocycles. The third-order valence-electron chi connectivity index (χ3n) is 4.73. The third kappa shape index (κ3) is 4.01. The summed E-state index contributed by atoms with van der Waals surface area (Å²) in [4.78, 5) is 14.5. The Bertz CT molecular complexity index is 1100. The van der Waals surface area contributed by atoms with Gasteiger partial charge in [-0.2, -0.15) is 4.98 Å². The van der Waals surface area contributed by atoms with Crippen LogP contribution < -0.4 is 14.4 Å². The lowest BCUT2D eigenvalue weighted by Crippen LogP contribution is -2.26. The van der Waals surface area contributed by atoms with Crippen LogP contribution in [0.5, 0.6) is 11.5 Å². The summed E-state index contributed by atoms with van der Waals surface area (Å²) in [5.74, 6) is 3.21. The number of nitrogens with one attached hydrogen (secondary N) is 1. The number of hydrogen-bond donors (Lipinski definition) is 1. The fourth-order valence-corrected chi connectivity index (χ4v) is 2.79. The number of methoxy groups -OCH3 is 1. The highest BCUT2D eigenvalue weighted by molar-refractivity contribution is 5.82. The number of imidazole rings is 1. The minimum absolute atomic E-state index is 0.189. The molecule has 4 rings (SSSR count). The average Bonchev–Trinajstić information content (AvgIpc) is 3.38. The first-order valence-electron chi connectivity index (χ1n) is 9.36. The summed E-state index contributed by atoms with van der Waals surface area (Å²) in [5, 5.41) is 4.07. The lowest BCUT2D eigenvalue weighted by molar-refractivity contribution is 0.242. The summed E-state index contributed by atoms with van der Waals surface area (Å²) in [5.41, 5.74) is 2.66. The van der Waals surface area contributed by atoms with E-state index < -0.39 is 0 Å². The highest BCUT2D eigenvalue weighted by Gasteiger charge is 2.13. The molecule has 2 aromatic carbocycles. The number of H-pyrrole nitrogens is 1. The van der Waals surface area contributed by atoms with Gasteiger partial charge >= 0.3 is 0 Å². The van der Waals surface area contributed by atoms with Crippen LogP contribution in [0.2, 0.25) is 0 Å². The SMILES string of the molecule is COc1ccc(OCc2nc(-c3ccc4nc(N(C)C(C)C)[nH]c4c3)no2)cc1. The van der Waals surface area contributed by atoms with E-state index in [1.807, 2.05) is 49.5 Å². The number of ether oxygens (including phenoxy) is 2. The zero-order chi connectivity index (χ0) is 20.4. The van der Waals surface area contributed by atoms with E-state index in [0.717, 1.165) is 28.3 Å². The molecule has 0 unspecified atom stereocenters. The van der Waals surface area contributed by atoms with Crippen molar-refractivity contribution in [3.8, 4) is 22.9 Å². The van der Waals surface area contributed by atoms with Crippen molar-refractivity contribution in [1.82, 2.24) is 20.1 Å². The Labute approximate surface area is 168 Å². The predicted octanol–water partition coefficient (Wildman–Crippen LogP) is 4.05. The van der Waals surface area contributed by atoms with Gasteiger partial charge in [0.2, 0.25) is 11.8 Å². The fraction of sp³-hybridized carbons (Fsp3) is 0.286. The van der Waals surface area contributed by atoms with Crippen molar-refractivity contribution in [2.75, 3.05) is 19.1 Å². The summed E-state index contributed by atoms with van der Waals surface area (Å²) < 4.78 is 16.2. The van der Waals surface area contributed by atoms with Crippen LogP contribution in [-0.4, -0.2) is 40.3 Å². The largest absolute Gasteiger partial charge is 0.497 e. The minimum Gasteiger partial charge on any atom is -0.497 e. The van der Waals surface area contributed by atoms with Gasteiger partial charge < -0.3 is 23.9 Å². The standard InChI is InChI=1S/C21H23N5O3/c1-13(2)26(3)21-22-17-10-5-14(11-18(17)23-21)20-24-19(29-25-20)12-28-16-8-6-15(27-4)7-9-16/h5-11,13H,12H2,1-4H3,(H,22,23). The van der Waals surface area contributed by atoms with Crippen LogP contribution in [0.25, 0.3) is 22.4 Å². The van der Waals surface area contributed by atoms with Crippen molar-refractivity contribution < 1.29 is 14.0 Å². The van der Waals surface area contributed by atoms with Crippen molar-refractivity contribution in [3.05, 3.63) is 48.4 Å². The van der Waals surface area contributed by atoms with Crippen LogP contribution in [0, 0.1) is 0 Å². The van der Waals surface area contributed by atoms with Gasteiger partial charge in [0.05, 0.1) is 18.1 Å². The van der Waals surface area contributed by atoms with Crippen molar-refractivity contribution in [2.45, 2.75) is 26.5 Å². The number of fused-ring (bicyclic) bond motifs is 1. The van der Waals surface area contributed by atoms with Crippen molar-refractivity contribution in [3.63, 3.8) is 0 Å². The normalized spacial score (nSPS) is 11.2. The lowest BCUT2D eigenvalue weighted by atomic mass is 10.2. The van der Waals surface area contributed by atoms with Crippen molar-refractivity contribution >= 4 is 17.0 Å². The second-order valence-corrected chi connectivity index (χ2v) is 6.97. The molecule has 150 valence electrons. The van der Waals surface area contributed by atoms with Crippen LogP contribution in [0.3, 0.4) is 0 Å². The van der Waals surface area contributed by atoms with Gasteiger partial charge in [-0.1, -0.05) is 5.16 Å². The summed E-state index contributed by atoms with van der Waals surface area (Å²) in [6.45, 7) is 4.43. The third-order valence-corrected chi connectivity index (χ3v) is 4.73. The molecule has 8 nitrogen and oxygen atoms in total. The molecule has 0 radical (unpaired) electrons. The molecule has 4 aromatic rings. The topological polar surface area (TPSA) is 89.3 Å². The lowest BCUT2D eigenvalue weighted by Gasteiger charge is -2.19. The Hall–Kier alpha value is -3.55. The number of anilines is 1. The molecule has 0 atom stereocenters. The summed E-state index contributed by atoms with van der Waals surface area (Å²) >= 11 is 0. The van der Waals surface area contributed by atoms with E-state index in [1.54, 1.807) is 7.11 Å². The zero-order valence-corrected chi connectivity index (χ0v) is 16.8. The Morgan fingerprint density at radius 2 is 1.83 bits per heavy atom. The number of hydrogen-bond acceptors (Lipinski definition) is 7. The first kappa shape index (κ1) is 18.8. The van der Waals surface area contributed by atoms with E-state index in [0.29, 0.717) is 23.5 Å². The van der Waals surface area contributed by atoms with E-state index in [9.17, 15) is 0 Å². The van der Waals surface area contributed by atoms with Gasteiger partial charge in [0, 0.05) is 18.7 Å². The molecule has 2 heterocycles. The molecule has 0 aliphatic carbocycles. The summed E-state index contributed by atoms with van der Waals surface area (Å²) in [7, 11) is 3.64. The minimum atomic E-state index is 0.189. The van der Waals surface area contributed by atoms with E-state index in [4.69, 9.17) is 14.0 Å². The van der Waals surface area contributed by atoms with E-state index >= 15 is 0 Å². The first-order chi connectivity index (χ1) is 14.0. The molecule has 29 heavy (non-hydrogen) atoms. The fourth-order valence-electron chi connectivity index (χ4n) is 2.79. The van der Waals surface area contributed by atoms with Crippen LogP contribution in [0.15, 0.2) is 47.0 Å². The van der Waals surface area contributed by atoms with Gasteiger partial charge in [0.15, 0.2) is 6.61 Å². The van der Waals surface area contributed by atoms with Gasteiger partial charge in [-0.05, 0) is 56.3 Å². The molecule has 0 fully saturated rings. The molecule has 0 aliphatic rings. The molecule has 2 aromatic heterocycles. The summed E-state index contributed by atoms with van der Waals surface area (Å²) in [6.07, 6.45) is 0. The molecule has 0 amide bonds. The maximum absolute atomic E-state index is 5.69. The quantitative estimate of drug-likeness (QED) is 0.507. The van der Waals surface area contributed by atoms with Gasteiger partial charge in [-0.3, -0.25) is 0 Å². The molecule has 0 bridgehead atoms. The van der Waals surface area contributed by atoms with E-state index in [1.165, 1.54) is 0 Å². The van der Waals surface area contributed by atoms with Gasteiger partial charge in [0.1, 0.15) is 11.5 Å².